The van der Waals surface area contributed by atoms with Crippen molar-refractivity contribution in [3.8, 4) is 0 Å². The summed E-state index contributed by atoms with van der Waals surface area (Å²) < 4.78 is 26.8. The fourth-order valence-electron chi connectivity index (χ4n) is 2.25. The second-order valence-corrected chi connectivity index (χ2v) is 8.47. The van der Waals surface area contributed by atoms with Crippen molar-refractivity contribution >= 4 is 56.4 Å². The van der Waals surface area contributed by atoms with Gasteiger partial charge in [0.1, 0.15) is 0 Å². The summed E-state index contributed by atoms with van der Waals surface area (Å²) in [6, 6.07) is 10.7. The van der Waals surface area contributed by atoms with E-state index >= 15 is 0 Å². The fraction of sp³-hybridized carbons (Fsp3) is 0.222. The van der Waals surface area contributed by atoms with E-state index < -0.39 is 10.0 Å². The molecule has 2 amide bonds. The van der Waals surface area contributed by atoms with Crippen LogP contribution in [0.1, 0.15) is 19.8 Å². The van der Waals surface area contributed by atoms with E-state index in [1.54, 1.807) is 24.3 Å². The van der Waals surface area contributed by atoms with E-state index in [1.807, 2.05) is 0 Å². The van der Waals surface area contributed by atoms with Gasteiger partial charge in [0.15, 0.2) is 0 Å². The Morgan fingerprint density at radius 2 is 1.54 bits per heavy atom. The first-order chi connectivity index (χ1) is 13.2. The number of sulfonamides is 1. The Balaban J connectivity index is 1.78. The predicted octanol–water partition coefficient (Wildman–Crippen LogP) is 3.65. The van der Waals surface area contributed by atoms with Gasteiger partial charge >= 0.3 is 0 Å². The van der Waals surface area contributed by atoms with Gasteiger partial charge in [0.05, 0.1) is 14.9 Å². The quantitative estimate of drug-likeness (QED) is 0.541. The number of rotatable bonds is 8. The number of anilines is 2. The minimum atomic E-state index is -3.73. The number of amides is 2. The summed E-state index contributed by atoms with van der Waals surface area (Å²) in [7, 11) is -3.73. The molecule has 150 valence electrons. The minimum absolute atomic E-state index is 0.00520. The van der Waals surface area contributed by atoms with Crippen molar-refractivity contribution in [1.82, 2.24) is 4.72 Å². The molecule has 0 aromatic heterocycles. The number of hydrogen-bond donors (Lipinski definition) is 3. The summed E-state index contributed by atoms with van der Waals surface area (Å²) in [4.78, 5) is 22.9. The summed E-state index contributed by atoms with van der Waals surface area (Å²) >= 11 is 11.6. The van der Waals surface area contributed by atoms with Crippen molar-refractivity contribution in [1.29, 1.82) is 0 Å². The number of benzene rings is 2. The molecule has 0 heterocycles. The fourth-order valence-corrected chi connectivity index (χ4v) is 3.71. The Kier molecular flexibility index (Phi) is 7.82. The van der Waals surface area contributed by atoms with Crippen LogP contribution in [0, 0.1) is 0 Å². The lowest BCUT2D eigenvalue weighted by atomic mass is 10.2. The Labute approximate surface area is 173 Å². The molecule has 0 atom stereocenters. The highest BCUT2D eigenvalue weighted by Gasteiger charge is 2.15. The third-order valence-electron chi connectivity index (χ3n) is 3.56. The standard InChI is InChI=1S/C18H19Cl2N3O4S/c1-12(24)22-13-4-6-14(7-5-13)23-18(25)3-2-10-21-28(26,27)15-8-9-16(19)17(20)11-15/h4-9,11,21H,2-3,10H2,1H3,(H,22,24)(H,23,25). The van der Waals surface area contributed by atoms with Gasteiger partial charge in [-0.25, -0.2) is 13.1 Å². The monoisotopic (exact) mass is 443 g/mol. The van der Waals surface area contributed by atoms with Crippen LogP contribution >= 0.6 is 23.2 Å². The lowest BCUT2D eigenvalue weighted by molar-refractivity contribution is -0.116. The number of nitrogens with one attached hydrogen (secondary N) is 3. The molecule has 0 aliphatic carbocycles. The van der Waals surface area contributed by atoms with E-state index in [-0.39, 0.29) is 39.7 Å². The summed E-state index contributed by atoms with van der Waals surface area (Å²) in [5, 5.41) is 5.75. The first-order valence-corrected chi connectivity index (χ1v) is 10.5. The predicted molar refractivity (Wildman–Crippen MR) is 110 cm³/mol. The maximum Gasteiger partial charge on any atom is 0.240 e. The number of halogens is 2. The molecule has 0 bridgehead atoms. The van der Waals surface area contributed by atoms with Gasteiger partial charge in [0.25, 0.3) is 0 Å². The van der Waals surface area contributed by atoms with Gasteiger partial charge in [-0.3, -0.25) is 9.59 Å². The molecule has 2 aromatic carbocycles. The van der Waals surface area contributed by atoms with Crippen LogP contribution in [0.4, 0.5) is 11.4 Å². The maximum absolute atomic E-state index is 12.2. The van der Waals surface area contributed by atoms with Crippen LogP contribution in [0.3, 0.4) is 0 Å². The highest BCUT2D eigenvalue weighted by atomic mass is 35.5. The normalized spacial score (nSPS) is 11.1. The van der Waals surface area contributed by atoms with Crippen molar-refractivity contribution in [3.63, 3.8) is 0 Å². The Morgan fingerprint density at radius 3 is 2.11 bits per heavy atom. The molecule has 0 fully saturated rings. The van der Waals surface area contributed by atoms with E-state index in [0.717, 1.165) is 0 Å². The topological polar surface area (TPSA) is 104 Å². The van der Waals surface area contributed by atoms with Crippen LogP contribution in [0.2, 0.25) is 10.0 Å². The first kappa shape index (κ1) is 22.2. The Bertz CT molecular complexity index is 963. The SMILES string of the molecule is CC(=O)Nc1ccc(NC(=O)CCCNS(=O)(=O)c2ccc(Cl)c(Cl)c2)cc1. The second kappa shape index (κ2) is 9.88. The number of hydrogen-bond acceptors (Lipinski definition) is 4. The van der Waals surface area contributed by atoms with Crippen LogP contribution < -0.4 is 15.4 Å². The van der Waals surface area contributed by atoms with Gasteiger partial charge in [-0.15, -0.1) is 0 Å². The van der Waals surface area contributed by atoms with Crippen LogP contribution in [-0.2, 0) is 19.6 Å². The van der Waals surface area contributed by atoms with Crippen molar-refractivity contribution in [2.75, 3.05) is 17.2 Å². The molecule has 10 heteroatoms. The van der Waals surface area contributed by atoms with Crippen molar-refractivity contribution < 1.29 is 18.0 Å². The molecule has 0 spiro atoms. The average molecular weight is 444 g/mol. The second-order valence-electron chi connectivity index (χ2n) is 5.88. The van der Waals surface area contributed by atoms with E-state index in [2.05, 4.69) is 15.4 Å². The minimum Gasteiger partial charge on any atom is -0.326 e. The zero-order chi connectivity index (χ0) is 20.7. The molecular formula is C18H19Cl2N3O4S. The smallest absolute Gasteiger partial charge is 0.240 e. The highest BCUT2D eigenvalue weighted by Crippen LogP contribution is 2.24. The maximum atomic E-state index is 12.2. The summed E-state index contributed by atoms with van der Waals surface area (Å²) in [6.45, 7) is 1.50. The van der Waals surface area contributed by atoms with Gasteiger partial charge in [0, 0.05) is 31.3 Å². The largest absolute Gasteiger partial charge is 0.326 e. The van der Waals surface area contributed by atoms with E-state index in [9.17, 15) is 18.0 Å². The summed E-state index contributed by atoms with van der Waals surface area (Å²) in [5.41, 5.74) is 1.21. The van der Waals surface area contributed by atoms with Crippen molar-refractivity contribution in [2.24, 2.45) is 0 Å². The summed E-state index contributed by atoms with van der Waals surface area (Å²) in [6.07, 6.45) is 0.452. The van der Waals surface area contributed by atoms with Crippen molar-refractivity contribution in [3.05, 3.63) is 52.5 Å². The molecule has 2 rings (SSSR count). The molecule has 28 heavy (non-hydrogen) atoms. The third kappa shape index (κ3) is 6.79. The average Bonchev–Trinajstić information content (AvgIpc) is 2.62. The lowest BCUT2D eigenvalue weighted by Gasteiger charge is -2.09. The van der Waals surface area contributed by atoms with Gasteiger partial charge in [-0.2, -0.15) is 0 Å². The molecule has 0 aliphatic heterocycles. The van der Waals surface area contributed by atoms with E-state index in [1.165, 1.54) is 25.1 Å². The molecule has 0 radical (unpaired) electrons. The molecular weight excluding hydrogens is 425 g/mol. The molecule has 3 N–H and O–H groups in total. The highest BCUT2D eigenvalue weighted by molar-refractivity contribution is 7.89. The zero-order valence-corrected chi connectivity index (χ0v) is 17.3. The van der Waals surface area contributed by atoms with Gasteiger partial charge in [0.2, 0.25) is 21.8 Å². The first-order valence-electron chi connectivity index (χ1n) is 8.29. The number of carbonyl (C=O) groups excluding carboxylic acids is 2. The molecule has 0 saturated carbocycles. The van der Waals surface area contributed by atoms with Crippen LogP contribution in [-0.4, -0.2) is 26.8 Å². The Hall–Kier alpha value is -2.13. The lowest BCUT2D eigenvalue weighted by Crippen LogP contribution is -2.25. The van der Waals surface area contributed by atoms with Gasteiger partial charge < -0.3 is 10.6 Å². The molecule has 0 aliphatic rings. The van der Waals surface area contributed by atoms with Gasteiger partial charge in [-0.05, 0) is 48.9 Å². The molecule has 0 saturated heterocycles. The van der Waals surface area contributed by atoms with E-state index in [0.29, 0.717) is 17.8 Å². The van der Waals surface area contributed by atoms with Gasteiger partial charge in [-0.1, -0.05) is 23.2 Å². The van der Waals surface area contributed by atoms with Crippen LogP contribution in [0.15, 0.2) is 47.4 Å². The third-order valence-corrected chi connectivity index (χ3v) is 5.76. The van der Waals surface area contributed by atoms with Crippen LogP contribution in [0.25, 0.3) is 0 Å². The van der Waals surface area contributed by atoms with Crippen LogP contribution in [0.5, 0.6) is 0 Å². The van der Waals surface area contributed by atoms with E-state index in [4.69, 9.17) is 23.2 Å². The van der Waals surface area contributed by atoms with Crippen molar-refractivity contribution in [2.45, 2.75) is 24.7 Å². The molecule has 2 aromatic rings. The zero-order valence-electron chi connectivity index (χ0n) is 15.0. The Morgan fingerprint density at radius 1 is 0.929 bits per heavy atom. The summed E-state index contributed by atoms with van der Waals surface area (Å²) in [5.74, 6) is -0.430. The molecule has 0 unspecified atom stereocenters. The molecule has 7 nitrogen and oxygen atoms in total. The number of carbonyl (C=O) groups is 2.